The van der Waals surface area contributed by atoms with Gasteiger partial charge in [0.2, 0.25) is 5.91 Å². The molecule has 0 spiro atoms. The molecule has 2 N–H and O–H groups in total. The molecule has 1 heterocycles. The Morgan fingerprint density at radius 3 is 2.54 bits per heavy atom. The van der Waals surface area contributed by atoms with Crippen molar-refractivity contribution in [1.82, 2.24) is 20.4 Å². The molecule has 0 bridgehead atoms. The maximum Gasteiger partial charge on any atom is 0.222 e. The number of hydrogen-bond acceptors (Lipinski definition) is 3. The van der Waals surface area contributed by atoms with Gasteiger partial charge in [0, 0.05) is 42.9 Å². The van der Waals surface area contributed by atoms with Gasteiger partial charge in [-0.3, -0.25) is 9.48 Å². The van der Waals surface area contributed by atoms with Gasteiger partial charge in [0.05, 0.1) is 16.3 Å². The first kappa shape index (κ1) is 20.5. The van der Waals surface area contributed by atoms with Gasteiger partial charge in [0.1, 0.15) is 0 Å². The number of aromatic nitrogens is 2. The quantitative estimate of drug-likeness (QED) is 0.722. The number of amides is 1. The second-order valence-corrected chi connectivity index (χ2v) is 8.13. The van der Waals surface area contributed by atoms with Gasteiger partial charge in [-0.25, -0.2) is 0 Å². The molecule has 142 valence electrons. The van der Waals surface area contributed by atoms with Gasteiger partial charge < -0.3 is 10.6 Å². The lowest BCUT2D eigenvalue weighted by Crippen LogP contribution is -2.34. The summed E-state index contributed by atoms with van der Waals surface area (Å²) in [4.78, 5) is 11.6. The lowest BCUT2D eigenvalue weighted by molar-refractivity contribution is -0.123. The van der Waals surface area contributed by atoms with Crippen molar-refractivity contribution in [1.29, 1.82) is 0 Å². The predicted octanol–water partition coefficient (Wildman–Crippen LogP) is 3.82. The van der Waals surface area contributed by atoms with E-state index in [-0.39, 0.29) is 17.4 Å². The third-order valence-corrected chi connectivity index (χ3v) is 4.38. The van der Waals surface area contributed by atoms with Gasteiger partial charge in [-0.05, 0) is 26.8 Å². The predicted molar refractivity (Wildman–Crippen MR) is 107 cm³/mol. The molecular formula is C20H29ClN4O. The fraction of sp³-hybridized carbons (Fsp3) is 0.500. The molecule has 6 heteroatoms. The Bertz CT molecular complexity index is 747. The first-order valence-electron chi connectivity index (χ1n) is 9.02. The highest BCUT2D eigenvalue weighted by Crippen LogP contribution is 2.30. The smallest absolute Gasteiger partial charge is 0.222 e. The number of hydrogen-bond donors (Lipinski definition) is 2. The van der Waals surface area contributed by atoms with E-state index >= 15 is 0 Å². The van der Waals surface area contributed by atoms with Crippen LogP contribution in [0.3, 0.4) is 0 Å². The van der Waals surface area contributed by atoms with Gasteiger partial charge in [-0.15, -0.1) is 0 Å². The van der Waals surface area contributed by atoms with Crippen LogP contribution in [0, 0.1) is 5.92 Å². The van der Waals surface area contributed by atoms with E-state index in [0.717, 1.165) is 16.8 Å². The third kappa shape index (κ3) is 5.32. The molecule has 0 aliphatic heterocycles. The molecule has 0 aliphatic carbocycles. The number of carbonyl (C=O) groups excluding carboxylic acids is 1. The van der Waals surface area contributed by atoms with Crippen molar-refractivity contribution in [2.75, 3.05) is 13.1 Å². The molecule has 2 rings (SSSR count). The Labute approximate surface area is 161 Å². The Morgan fingerprint density at radius 1 is 1.23 bits per heavy atom. The maximum atomic E-state index is 11.6. The summed E-state index contributed by atoms with van der Waals surface area (Å²) >= 11 is 6.39. The number of benzene rings is 1. The number of halogens is 1. The number of nitrogens with one attached hydrogen (secondary N) is 2. The Balaban J connectivity index is 2.10. The van der Waals surface area contributed by atoms with E-state index in [1.807, 2.05) is 42.8 Å². The van der Waals surface area contributed by atoms with E-state index in [4.69, 9.17) is 16.7 Å². The molecule has 2 aromatic rings. The van der Waals surface area contributed by atoms with Crippen LogP contribution in [0.2, 0.25) is 5.02 Å². The molecule has 1 amide bonds. The van der Waals surface area contributed by atoms with Crippen molar-refractivity contribution in [3.8, 4) is 11.3 Å². The molecule has 1 aromatic carbocycles. The molecule has 0 saturated heterocycles. The number of rotatable bonds is 7. The van der Waals surface area contributed by atoms with Crippen LogP contribution in [-0.4, -0.2) is 28.8 Å². The first-order chi connectivity index (χ1) is 12.2. The standard InChI is InChI=1S/C20H29ClN4O/c1-14(2)19(26)23-11-10-22-12-15-13-25(20(3,4)5)24-18(15)16-8-6-7-9-17(16)21/h6-9,13-14,22H,10-12H2,1-5H3,(H,23,26). The Kier molecular flexibility index (Phi) is 6.84. The zero-order chi connectivity index (χ0) is 19.3. The van der Waals surface area contributed by atoms with Crippen molar-refractivity contribution in [2.24, 2.45) is 5.92 Å². The van der Waals surface area contributed by atoms with E-state index in [9.17, 15) is 4.79 Å². The van der Waals surface area contributed by atoms with Crippen molar-refractivity contribution in [3.05, 3.63) is 41.0 Å². The van der Waals surface area contributed by atoms with Crippen LogP contribution in [0.5, 0.6) is 0 Å². The summed E-state index contributed by atoms with van der Waals surface area (Å²) in [7, 11) is 0. The highest BCUT2D eigenvalue weighted by molar-refractivity contribution is 6.33. The summed E-state index contributed by atoms with van der Waals surface area (Å²) in [5.74, 6) is 0.0796. The third-order valence-electron chi connectivity index (χ3n) is 4.05. The van der Waals surface area contributed by atoms with Gasteiger partial charge >= 0.3 is 0 Å². The summed E-state index contributed by atoms with van der Waals surface area (Å²) in [5.41, 5.74) is 2.80. The maximum absolute atomic E-state index is 11.6. The molecule has 1 aromatic heterocycles. The molecule has 0 radical (unpaired) electrons. The summed E-state index contributed by atoms with van der Waals surface area (Å²) in [6.07, 6.45) is 2.07. The normalized spacial score (nSPS) is 11.8. The topological polar surface area (TPSA) is 59.0 Å². The molecular weight excluding hydrogens is 348 g/mol. The van der Waals surface area contributed by atoms with E-state index in [0.29, 0.717) is 24.7 Å². The van der Waals surface area contributed by atoms with Gasteiger partial charge in [-0.1, -0.05) is 43.6 Å². The van der Waals surface area contributed by atoms with Gasteiger partial charge in [-0.2, -0.15) is 5.10 Å². The first-order valence-corrected chi connectivity index (χ1v) is 9.40. The van der Waals surface area contributed by atoms with E-state index in [1.54, 1.807) is 0 Å². The Hall–Kier alpha value is -1.85. The molecule has 0 atom stereocenters. The molecule has 26 heavy (non-hydrogen) atoms. The summed E-state index contributed by atoms with van der Waals surface area (Å²) in [6.45, 7) is 12.1. The second kappa shape index (κ2) is 8.69. The van der Waals surface area contributed by atoms with E-state index in [1.165, 1.54) is 0 Å². The summed E-state index contributed by atoms with van der Waals surface area (Å²) in [6, 6.07) is 7.76. The average Bonchev–Trinajstić information content (AvgIpc) is 2.99. The molecule has 0 saturated carbocycles. The number of nitrogens with zero attached hydrogens (tertiary/aromatic N) is 2. The van der Waals surface area contributed by atoms with Crippen molar-refractivity contribution < 1.29 is 4.79 Å². The number of carbonyl (C=O) groups is 1. The minimum absolute atomic E-state index is 0.00634. The van der Waals surface area contributed by atoms with Crippen LogP contribution in [0.25, 0.3) is 11.3 Å². The fourth-order valence-electron chi connectivity index (χ4n) is 2.46. The van der Waals surface area contributed by atoms with Gasteiger partial charge in [0.25, 0.3) is 0 Å². The van der Waals surface area contributed by atoms with Crippen LogP contribution in [0.1, 0.15) is 40.2 Å². The van der Waals surface area contributed by atoms with Crippen LogP contribution in [0.4, 0.5) is 0 Å². The fourth-order valence-corrected chi connectivity index (χ4v) is 2.69. The van der Waals surface area contributed by atoms with Crippen LogP contribution >= 0.6 is 11.6 Å². The van der Waals surface area contributed by atoms with E-state index < -0.39 is 0 Å². The van der Waals surface area contributed by atoms with Crippen LogP contribution in [0.15, 0.2) is 30.5 Å². The van der Waals surface area contributed by atoms with Crippen LogP contribution in [-0.2, 0) is 16.9 Å². The SMILES string of the molecule is CC(C)C(=O)NCCNCc1cn(C(C)(C)C)nc1-c1ccccc1Cl. The Morgan fingerprint density at radius 2 is 1.92 bits per heavy atom. The zero-order valence-corrected chi connectivity index (χ0v) is 17.0. The van der Waals surface area contributed by atoms with E-state index in [2.05, 4.69) is 37.6 Å². The average molecular weight is 377 g/mol. The summed E-state index contributed by atoms with van der Waals surface area (Å²) < 4.78 is 1.98. The highest BCUT2D eigenvalue weighted by Gasteiger charge is 2.20. The highest BCUT2D eigenvalue weighted by atomic mass is 35.5. The van der Waals surface area contributed by atoms with Crippen molar-refractivity contribution in [2.45, 2.75) is 46.7 Å². The van der Waals surface area contributed by atoms with Crippen molar-refractivity contribution in [3.63, 3.8) is 0 Å². The minimum atomic E-state index is -0.112. The zero-order valence-electron chi connectivity index (χ0n) is 16.3. The lowest BCUT2D eigenvalue weighted by Gasteiger charge is -2.18. The van der Waals surface area contributed by atoms with Crippen LogP contribution < -0.4 is 10.6 Å². The van der Waals surface area contributed by atoms with Crippen molar-refractivity contribution >= 4 is 17.5 Å². The molecule has 0 unspecified atom stereocenters. The molecule has 5 nitrogen and oxygen atoms in total. The second-order valence-electron chi connectivity index (χ2n) is 7.72. The monoisotopic (exact) mass is 376 g/mol. The molecule has 0 fully saturated rings. The molecule has 0 aliphatic rings. The largest absolute Gasteiger partial charge is 0.355 e. The summed E-state index contributed by atoms with van der Waals surface area (Å²) in [5, 5.41) is 11.8. The minimum Gasteiger partial charge on any atom is -0.355 e. The lowest BCUT2D eigenvalue weighted by atomic mass is 10.1. The van der Waals surface area contributed by atoms with Gasteiger partial charge in [0.15, 0.2) is 0 Å².